The zero-order valence-corrected chi connectivity index (χ0v) is 31.2. The summed E-state index contributed by atoms with van der Waals surface area (Å²) in [6.07, 6.45) is 1.93. The van der Waals surface area contributed by atoms with Gasteiger partial charge in [0.15, 0.2) is 0 Å². The molecule has 0 saturated heterocycles. The van der Waals surface area contributed by atoms with Crippen molar-refractivity contribution in [2.45, 2.75) is 0 Å². The Kier molecular flexibility index (Phi) is 7.30. The third-order valence-electron chi connectivity index (χ3n) is 10.8. The molecule has 264 valence electrons. The maximum Gasteiger partial charge on any atom is 0.235 e. The fourth-order valence-corrected chi connectivity index (χ4v) is 9.65. The molecule has 0 radical (unpaired) electrons. The largest absolute Gasteiger partial charge is 0.309 e. The van der Waals surface area contributed by atoms with Gasteiger partial charge in [0.2, 0.25) is 5.95 Å². The van der Waals surface area contributed by atoms with E-state index >= 15 is 0 Å². The normalized spacial score (nSPS) is 12.0. The number of hydrogen-bond acceptors (Lipinski definition) is 5. The highest BCUT2D eigenvalue weighted by Crippen LogP contribution is 2.51. The summed E-state index contributed by atoms with van der Waals surface area (Å²) in [7, 11) is 1.81. The summed E-state index contributed by atoms with van der Waals surface area (Å²) < 4.78 is 5.77. The molecule has 0 bridgehead atoms. The molecule has 6 nitrogen and oxygen atoms in total. The Morgan fingerprint density at radius 1 is 0.554 bits per heavy atom. The smallest absolute Gasteiger partial charge is 0.235 e. The molecule has 0 spiro atoms. The molecule has 4 heterocycles. The number of aliphatic imine (C=N–C) groups is 2. The molecule has 0 unspecified atom stereocenters. The first kappa shape index (κ1) is 32.2. The van der Waals surface area contributed by atoms with Crippen LogP contribution in [0.1, 0.15) is 5.56 Å². The fraction of sp³-hybridized carbons (Fsp3) is 0.0204. The minimum Gasteiger partial charge on any atom is -0.309 e. The molecule has 11 aromatic rings. The second kappa shape index (κ2) is 12.7. The minimum absolute atomic E-state index is 0.604. The molecule has 0 fully saturated rings. The van der Waals surface area contributed by atoms with E-state index in [9.17, 15) is 0 Å². The van der Waals surface area contributed by atoms with E-state index in [-0.39, 0.29) is 0 Å². The summed E-state index contributed by atoms with van der Waals surface area (Å²) in [5, 5.41) is 7.49. The first-order chi connectivity index (χ1) is 27.7. The van der Waals surface area contributed by atoms with Crippen molar-refractivity contribution < 1.29 is 0 Å². The zero-order chi connectivity index (χ0) is 37.3. The Hall–Kier alpha value is -7.22. The number of para-hydroxylation sites is 4. The first-order valence-corrected chi connectivity index (χ1v) is 19.4. The summed E-state index contributed by atoms with van der Waals surface area (Å²) in [6, 6.07) is 55.4. The van der Waals surface area contributed by atoms with Gasteiger partial charge < -0.3 is 4.57 Å². The molecule has 0 N–H and O–H groups in total. The van der Waals surface area contributed by atoms with Crippen LogP contribution in [0.2, 0.25) is 0 Å². The number of fused-ring (bicyclic) bond motifs is 11. The molecule has 4 aromatic heterocycles. The number of rotatable bonds is 6. The minimum atomic E-state index is 0.604. The monoisotopic (exact) mass is 736 g/mol. The predicted molar refractivity (Wildman–Crippen MR) is 237 cm³/mol. The molecule has 0 aliphatic carbocycles. The summed E-state index contributed by atoms with van der Waals surface area (Å²) in [5.41, 5.74) is 11.5. The Morgan fingerprint density at radius 2 is 1.14 bits per heavy atom. The number of hydrogen-bond donors (Lipinski definition) is 0. The third-order valence-corrected chi connectivity index (χ3v) is 12.0. The molecular weight excluding hydrogens is 705 g/mol. The average molecular weight is 737 g/mol. The second-order valence-electron chi connectivity index (χ2n) is 13.9. The predicted octanol–water partition coefficient (Wildman–Crippen LogP) is 12.8. The van der Waals surface area contributed by atoms with Crippen LogP contribution < -0.4 is 0 Å². The van der Waals surface area contributed by atoms with Crippen molar-refractivity contribution in [2.75, 3.05) is 7.05 Å². The number of benzene rings is 7. The number of nitrogens with zero attached hydrogens (tertiary/aromatic N) is 6. The lowest BCUT2D eigenvalue weighted by molar-refractivity contribution is 1.02. The molecule has 56 heavy (non-hydrogen) atoms. The van der Waals surface area contributed by atoms with E-state index in [0.29, 0.717) is 5.95 Å². The SMILES string of the molecule is C=Nc1sc2c(c1C=NC)c1c3ccccc3n(-c3ccccc3)c1c1c3ccccc3n(-c3nc(-c4ccc(-c5ccccc5)cc4)c4ccccc4n3)c21. The number of aromatic nitrogens is 4. The third kappa shape index (κ3) is 4.68. The van der Waals surface area contributed by atoms with Crippen molar-refractivity contribution in [2.24, 2.45) is 9.98 Å². The van der Waals surface area contributed by atoms with Gasteiger partial charge in [0.25, 0.3) is 0 Å². The molecular formula is C49H32N6S. The van der Waals surface area contributed by atoms with Gasteiger partial charge in [0.1, 0.15) is 5.00 Å². The Bertz CT molecular complexity index is 3370. The van der Waals surface area contributed by atoms with Gasteiger partial charge in [-0.2, -0.15) is 0 Å². The quantitative estimate of drug-likeness (QED) is 0.160. The van der Waals surface area contributed by atoms with Crippen LogP contribution in [-0.2, 0) is 0 Å². The standard InChI is InChI=1S/C49H32N6S/c1-50-29-37-42-41-35-20-10-13-23-39(35)54(33-17-7-4-8-18-33)45(41)43-36-21-11-14-24-40(36)55(46(43)47(42)56-48(37)51-2)49-52-38-22-12-9-19-34(38)44(53-49)32-27-25-31(26-28-32)30-15-5-3-6-16-30/h3-29H,2H2,1H3. The van der Waals surface area contributed by atoms with E-state index in [0.717, 1.165) is 97.7 Å². The maximum absolute atomic E-state index is 5.50. The van der Waals surface area contributed by atoms with Crippen LogP contribution in [-0.4, -0.2) is 39.1 Å². The van der Waals surface area contributed by atoms with Crippen molar-refractivity contribution in [1.82, 2.24) is 19.1 Å². The van der Waals surface area contributed by atoms with Crippen molar-refractivity contribution in [1.29, 1.82) is 0 Å². The molecule has 7 heteroatoms. The van der Waals surface area contributed by atoms with Crippen LogP contribution in [0.3, 0.4) is 0 Å². The van der Waals surface area contributed by atoms with Crippen molar-refractivity contribution in [3.8, 4) is 34.0 Å². The van der Waals surface area contributed by atoms with Crippen LogP contribution in [0, 0.1) is 0 Å². The van der Waals surface area contributed by atoms with Crippen molar-refractivity contribution in [3.63, 3.8) is 0 Å². The molecule has 0 aliphatic rings. The molecule has 11 rings (SSSR count). The highest BCUT2D eigenvalue weighted by Gasteiger charge is 2.28. The maximum atomic E-state index is 5.50. The topological polar surface area (TPSA) is 60.4 Å². The summed E-state index contributed by atoms with van der Waals surface area (Å²) in [6.45, 7) is 4.03. The van der Waals surface area contributed by atoms with Gasteiger partial charge in [-0.1, -0.05) is 127 Å². The average Bonchev–Trinajstić information content (AvgIpc) is 3.92. The lowest BCUT2D eigenvalue weighted by atomic mass is 10.0. The lowest BCUT2D eigenvalue weighted by Gasteiger charge is -2.13. The van der Waals surface area contributed by atoms with Gasteiger partial charge in [-0.3, -0.25) is 14.6 Å². The van der Waals surface area contributed by atoms with Crippen molar-refractivity contribution in [3.05, 3.63) is 163 Å². The van der Waals surface area contributed by atoms with Crippen LogP contribution >= 0.6 is 11.3 Å². The van der Waals surface area contributed by atoms with E-state index in [1.807, 2.05) is 25.4 Å². The van der Waals surface area contributed by atoms with E-state index < -0.39 is 0 Å². The second-order valence-corrected chi connectivity index (χ2v) is 14.9. The van der Waals surface area contributed by atoms with Crippen molar-refractivity contribution >= 4 is 93.9 Å². The zero-order valence-electron chi connectivity index (χ0n) is 30.4. The lowest BCUT2D eigenvalue weighted by Crippen LogP contribution is -2.03. The molecule has 7 aromatic carbocycles. The van der Waals surface area contributed by atoms with Crippen LogP contribution in [0.4, 0.5) is 5.00 Å². The van der Waals surface area contributed by atoms with E-state index in [1.165, 1.54) is 5.56 Å². The molecule has 0 saturated carbocycles. The summed E-state index contributed by atoms with van der Waals surface area (Å²) >= 11 is 1.64. The Balaban J connectivity index is 1.32. The Morgan fingerprint density at radius 3 is 1.86 bits per heavy atom. The van der Waals surface area contributed by atoms with E-state index in [1.54, 1.807) is 11.3 Å². The van der Waals surface area contributed by atoms with E-state index in [4.69, 9.17) is 9.97 Å². The van der Waals surface area contributed by atoms with Gasteiger partial charge in [-0.05, 0) is 48.2 Å². The van der Waals surface area contributed by atoms with Gasteiger partial charge in [-0.15, -0.1) is 11.3 Å². The summed E-state index contributed by atoms with van der Waals surface area (Å²) in [4.78, 5) is 20.0. The molecule has 0 amide bonds. The van der Waals surface area contributed by atoms with Crippen LogP contribution in [0.5, 0.6) is 0 Å². The van der Waals surface area contributed by atoms with Crippen LogP contribution in [0.25, 0.3) is 98.6 Å². The molecule has 0 atom stereocenters. The van der Waals surface area contributed by atoms with Gasteiger partial charge in [0.05, 0.1) is 38.0 Å². The summed E-state index contributed by atoms with van der Waals surface area (Å²) in [5.74, 6) is 0.604. The van der Waals surface area contributed by atoms with E-state index in [2.05, 4.69) is 171 Å². The van der Waals surface area contributed by atoms with Gasteiger partial charge in [0, 0.05) is 62.4 Å². The van der Waals surface area contributed by atoms with Gasteiger partial charge in [-0.25, -0.2) is 9.97 Å². The Labute approximate surface area is 326 Å². The fourth-order valence-electron chi connectivity index (χ4n) is 8.53. The van der Waals surface area contributed by atoms with Gasteiger partial charge >= 0.3 is 0 Å². The molecule has 0 aliphatic heterocycles. The first-order valence-electron chi connectivity index (χ1n) is 18.6. The van der Waals surface area contributed by atoms with Crippen LogP contribution in [0.15, 0.2) is 168 Å². The number of thiophene rings is 1. The highest BCUT2D eigenvalue weighted by atomic mass is 32.1. The highest BCUT2D eigenvalue weighted by molar-refractivity contribution is 7.24.